The van der Waals surface area contributed by atoms with Gasteiger partial charge in [0.1, 0.15) is 0 Å². The van der Waals surface area contributed by atoms with Crippen molar-refractivity contribution in [3.63, 3.8) is 0 Å². The van der Waals surface area contributed by atoms with E-state index in [0.717, 1.165) is 6.42 Å². The van der Waals surface area contributed by atoms with Crippen molar-refractivity contribution in [3.05, 3.63) is 35.9 Å². The Hall–Kier alpha value is -0.316. The fraction of sp³-hybridized carbons (Fsp3) is 0.769. The van der Waals surface area contributed by atoms with Crippen LogP contribution in [-0.2, 0) is 26.3 Å². The Balaban J connectivity index is 3.37. The molecule has 0 saturated heterocycles. The Labute approximate surface area is 209 Å². The Morgan fingerprint density at radius 3 is 1.76 bits per heavy atom. The van der Waals surface area contributed by atoms with E-state index in [-0.39, 0.29) is 27.0 Å². The maximum atomic E-state index is 13.2. The summed E-state index contributed by atoms with van der Waals surface area (Å²) in [6.45, 7) is 29.2. The van der Waals surface area contributed by atoms with Crippen molar-refractivity contribution in [2.75, 3.05) is 6.61 Å². The van der Waals surface area contributed by atoms with Gasteiger partial charge in [0.25, 0.3) is 0 Å². The minimum absolute atomic E-state index is 0.0721. The molecular formula is C26H51NO3SSi2. The van der Waals surface area contributed by atoms with Crippen LogP contribution in [0.2, 0.25) is 36.3 Å². The third-order valence-electron chi connectivity index (χ3n) is 7.23. The Morgan fingerprint density at radius 2 is 1.33 bits per heavy atom. The predicted molar refractivity (Wildman–Crippen MR) is 150 cm³/mol. The maximum absolute atomic E-state index is 13.2. The first kappa shape index (κ1) is 30.7. The highest BCUT2D eigenvalue weighted by Crippen LogP contribution is 2.39. The van der Waals surface area contributed by atoms with Gasteiger partial charge in [-0.2, -0.15) is 0 Å². The minimum Gasteiger partial charge on any atom is -0.414 e. The van der Waals surface area contributed by atoms with E-state index >= 15 is 0 Å². The van der Waals surface area contributed by atoms with E-state index in [2.05, 4.69) is 96.7 Å². The van der Waals surface area contributed by atoms with Crippen LogP contribution >= 0.6 is 0 Å². The second-order valence-corrected chi connectivity index (χ2v) is 24.8. The first-order valence-corrected chi connectivity index (χ1v) is 19.2. The highest BCUT2D eigenvalue weighted by molar-refractivity contribution is 7.84. The van der Waals surface area contributed by atoms with Crippen LogP contribution in [0.4, 0.5) is 0 Å². The molecule has 4 nitrogen and oxygen atoms in total. The minimum atomic E-state index is -2.09. The average Bonchev–Trinajstić information content (AvgIpc) is 2.62. The van der Waals surface area contributed by atoms with E-state index in [1.807, 2.05) is 26.8 Å². The molecule has 0 bridgehead atoms. The van der Waals surface area contributed by atoms with Crippen molar-refractivity contribution >= 4 is 27.6 Å². The van der Waals surface area contributed by atoms with Gasteiger partial charge in [-0.3, -0.25) is 0 Å². The summed E-state index contributed by atoms with van der Waals surface area (Å²) in [6.07, 6.45) is 0.550. The predicted octanol–water partition coefficient (Wildman–Crippen LogP) is 7.06. The van der Waals surface area contributed by atoms with Crippen LogP contribution < -0.4 is 4.72 Å². The highest BCUT2D eigenvalue weighted by atomic mass is 32.2. The SMILES string of the molecule is CC(C)(C)S(=O)N[C@@H](Cc1ccccc1)[C@@H](CO[Si](C)(C)C(C)(C)C)O[Si](C)(C)C(C)(C)C. The Bertz CT molecular complexity index is 762. The van der Waals surface area contributed by atoms with Gasteiger partial charge in [0, 0.05) is 0 Å². The van der Waals surface area contributed by atoms with Crippen LogP contribution in [0.5, 0.6) is 0 Å². The molecule has 0 saturated carbocycles. The summed E-state index contributed by atoms with van der Waals surface area (Å²) in [5.41, 5.74) is 1.21. The molecule has 0 heterocycles. The van der Waals surface area contributed by atoms with Crippen LogP contribution in [0, 0.1) is 0 Å². The molecule has 0 radical (unpaired) electrons. The topological polar surface area (TPSA) is 47.6 Å². The third kappa shape index (κ3) is 9.34. The lowest BCUT2D eigenvalue weighted by atomic mass is 10.0. The molecule has 192 valence electrons. The zero-order valence-electron chi connectivity index (χ0n) is 23.6. The van der Waals surface area contributed by atoms with Crippen molar-refractivity contribution in [2.45, 2.75) is 122 Å². The standard InChI is InChI=1S/C26H51NO3SSi2/c1-24(2,3)31(28)27-22(19-21-17-15-14-16-18-21)23(30-33(12,13)26(7,8)9)20-29-32(10,11)25(4,5)6/h14-18,22-23,27H,19-20H2,1-13H3/t22-,23+,31?/m0/s1. The molecule has 7 heteroatoms. The van der Waals surface area contributed by atoms with Gasteiger partial charge in [0.05, 0.1) is 34.5 Å². The van der Waals surface area contributed by atoms with Gasteiger partial charge in [-0.25, -0.2) is 8.93 Å². The van der Waals surface area contributed by atoms with Crippen LogP contribution in [0.15, 0.2) is 30.3 Å². The van der Waals surface area contributed by atoms with Crippen molar-refractivity contribution in [3.8, 4) is 0 Å². The van der Waals surface area contributed by atoms with E-state index in [9.17, 15) is 4.21 Å². The molecule has 0 aromatic heterocycles. The number of hydrogen-bond acceptors (Lipinski definition) is 3. The summed E-state index contributed by atoms with van der Waals surface area (Å²) in [4.78, 5) is 0. The average molecular weight is 514 g/mol. The van der Waals surface area contributed by atoms with Gasteiger partial charge in [0.15, 0.2) is 16.6 Å². The van der Waals surface area contributed by atoms with E-state index in [4.69, 9.17) is 8.85 Å². The highest BCUT2D eigenvalue weighted by Gasteiger charge is 2.43. The molecule has 1 N–H and O–H groups in total. The van der Waals surface area contributed by atoms with E-state index in [1.54, 1.807) is 0 Å². The van der Waals surface area contributed by atoms with Crippen molar-refractivity contribution in [1.29, 1.82) is 0 Å². The largest absolute Gasteiger partial charge is 0.414 e. The quantitative estimate of drug-likeness (QED) is 0.341. The number of benzene rings is 1. The Kier molecular flexibility index (Phi) is 10.4. The van der Waals surface area contributed by atoms with Crippen molar-refractivity contribution in [1.82, 2.24) is 4.72 Å². The molecule has 0 aliphatic rings. The lowest BCUT2D eigenvalue weighted by Crippen LogP contribution is -2.56. The van der Waals surface area contributed by atoms with Crippen molar-refractivity contribution in [2.24, 2.45) is 0 Å². The van der Waals surface area contributed by atoms with Gasteiger partial charge < -0.3 is 8.85 Å². The number of hydrogen-bond donors (Lipinski definition) is 1. The van der Waals surface area contributed by atoms with Crippen LogP contribution in [0.25, 0.3) is 0 Å². The molecule has 1 aromatic rings. The fourth-order valence-electron chi connectivity index (χ4n) is 2.73. The van der Waals surface area contributed by atoms with Gasteiger partial charge in [-0.15, -0.1) is 0 Å². The van der Waals surface area contributed by atoms with Gasteiger partial charge in [0.2, 0.25) is 0 Å². The lowest BCUT2D eigenvalue weighted by Gasteiger charge is -2.44. The summed E-state index contributed by atoms with van der Waals surface area (Å²) in [7, 11) is -5.27. The first-order valence-electron chi connectivity index (χ1n) is 12.2. The first-order chi connectivity index (χ1) is 14.7. The van der Waals surface area contributed by atoms with Crippen LogP contribution in [0.3, 0.4) is 0 Å². The Morgan fingerprint density at radius 1 is 0.848 bits per heavy atom. The fourth-order valence-corrected chi connectivity index (χ4v) is 5.95. The van der Waals surface area contributed by atoms with Gasteiger partial charge in [-0.05, 0) is 69.0 Å². The summed E-state index contributed by atoms with van der Waals surface area (Å²) in [5.74, 6) is 0. The summed E-state index contributed by atoms with van der Waals surface area (Å²) >= 11 is 0. The van der Waals surface area contributed by atoms with Gasteiger partial charge in [-0.1, -0.05) is 71.9 Å². The smallest absolute Gasteiger partial charge is 0.192 e. The molecule has 0 amide bonds. The van der Waals surface area contributed by atoms with Crippen LogP contribution in [0.1, 0.15) is 67.9 Å². The normalized spacial score (nSPS) is 17.0. The second-order valence-electron chi connectivity index (χ2n) is 13.3. The molecule has 1 unspecified atom stereocenters. The van der Waals surface area contributed by atoms with Crippen molar-refractivity contribution < 1.29 is 13.1 Å². The number of rotatable bonds is 10. The summed E-state index contributed by atoms with van der Waals surface area (Å²) in [6, 6.07) is 10.3. The zero-order valence-corrected chi connectivity index (χ0v) is 26.4. The molecule has 0 fully saturated rings. The maximum Gasteiger partial charge on any atom is 0.192 e. The molecule has 0 aliphatic heterocycles. The van der Waals surface area contributed by atoms with E-state index < -0.39 is 27.6 Å². The molecule has 1 aromatic carbocycles. The lowest BCUT2D eigenvalue weighted by molar-refractivity contribution is 0.0823. The molecule has 0 aliphatic carbocycles. The van der Waals surface area contributed by atoms with E-state index in [0.29, 0.717) is 6.61 Å². The molecule has 0 spiro atoms. The molecule has 33 heavy (non-hydrogen) atoms. The molecule has 3 atom stereocenters. The summed E-state index contributed by atoms with van der Waals surface area (Å²) in [5, 5.41) is 0.188. The second kappa shape index (κ2) is 11.2. The monoisotopic (exact) mass is 513 g/mol. The van der Waals surface area contributed by atoms with Crippen LogP contribution in [-0.4, -0.2) is 44.3 Å². The van der Waals surface area contributed by atoms with Gasteiger partial charge >= 0.3 is 0 Å². The molecular weight excluding hydrogens is 463 g/mol. The zero-order chi connectivity index (χ0) is 25.9. The number of nitrogens with one attached hydrogen (secondary N) is 1. The third-order valence-corrected chi connectivity index (χ3v) is 17.9. The van der Waals surface area contributed by atoms with E-state index in [1.165, 1.54) is 5.56 Å². The summed E-state index contributed by atoms with van der Waals surface area (Å²) < 4.78 is 30.0. The molecule has 1 rings (SSSR count).